The molecule has 3 aromatic rings. The van der Waals surface area contributed by atoms with E-state index in [1.54, 1.807) is 59.5 Å². The minimum atomic E-state index is -1.50. The molecule has 61 heavy (non-hydrogen) atoms. The quantitative estimate of drug-likeness (QED) is 0.0308. The number of hydrogen-bond acceptors (Lipinski definition) is 12. The van der Waals surface area contributed by atoms with Crippen molar-refractivity contribution in [2.24, 2.45) is 22.9 Å². The molecule has 1 heterocycles. The van der Waals surface area contributed by atoms with Gasteiger partial charge in [0.25, 0.3) is 11.4 Å². The highest BCUT2D eigenvalue weighted by atomic mass is 16.7. The molecule has 3 N–H and O–H groups in total. The third-order valence-electron chi connectivity index (χ3n) is 11.9. The zero-order chi connectivity index (χ0) is 43.5. The Kier molecular flexibility index (Phi) is 15.1. The first-order valence-corrected chi connectivity index (χ1v) is 20.9. The van der Waals surface area contributed by atoms with Gasteiger partial charge in [-0.2, -0.15) is 0 Å². The van der Waals surface area contributed by atoms with Crippen LogP contribution in [-0.4, -0.2) is 79.9 Å². The molecule has 0 aromatic heterocycles. The smallest absolute Gasteiger partial charge is 0.269 e. The maximum absolute atomic E-state index is 14.6. The van der Waals surface area contributed by atoms with Gasteiger partial charge >= 0.3 is 0 Å². The lowest BCUT2D eigenvalue weighted by Crippen LogP contribution is -2.70. The van der Waals surface area contributed by atoms with Gasteiger partial charge in [0.15, 0.2) is 0 Å². The Morgan fingerprint density at radius 3 is 2.30 bits per heavy atom. The maximum atomic E-state index is 14.6. The van der Waals surface area contributed by atoms with Crippen molar-refractivity contribution in [2.45, 2.75) is 82.6 Å². The second-order valence-electron chi connectivity index (χ2n) is 15.7. The predicted octanol–water partition coefficient (Wildman–Crippen LogP) is 7.99. The van der Waals surface area contributed by atoms with Gasteiger partial charge in [-0.15, -0.1) is 6.58 Å². The van der Waals surface area contributed by atoms with Crippen molar-refractivity contribution in [3.05, 3.63) is 134 Å². The molecular weight excluding hydrogens is 785 g/mol. The summed E-state index contributed by atoms with van der Waals surface area (Å²) in [6, 6.07) is 16.2. The van der Waals surface area contributed by atoms with Gasteiger partial charge in [-0.05, 0) is 109 Å². The summed E-state index contributed by atoms with van der Waals surface area (Å²) >= 11 is 0. The Balaban J connectivity index is 1.52. The molecule has 15 heteroatoms. The Bertz CT molecular complexity index is 2120. The van der Waals surface area contributed by atoms with Gasteiger partial charge in [-0.1, -0.05) is 37.1 Å². The van der Waals surface area contributed by atoms with Gasteiger partial charge in [0, 0.05) is 68.0 Å². The molecule has 0 spiro atoms. The molecule has 3 aliphatic rings. The summed E-state index contributed by atoms with van der Waals surface area (Å²) in [5.41, 5.74) is 3.32. The van der Waals surface area contributed by atoms with Gasteiger partial charge in [0.1, 0.15) is 24.1 Å². The number of carbonyl (C=O) groups excluding carboxylic acids is 1. The van der Waals surface area contributed by atoms with E-state index in [2.05, 4.69) is 12.7 Å². The van der Waals surface area contributed by atoms with Crippen molar-refractivity contribution in [3.8, 4) is 11.5 Å². The van der Waals surface area contributed by atoms with Crippen LogP contribution in [0.1, 0.15) is 80.9 Å². The molecule has 6 rings (SSSR count). The number of aliphatic hydroxyl groups is 2. The molecule has 6 unspecified atom stereocenters. The molecule has 324 valence electrons. The fourth-order valence-corrected chi connectivity index (χ4v) is 9.19. The van der Waals surface area contributed by atoms with Crippen molar-refractivity contribution in [2.75, 3.05) is 26.4 Å². The molecular formula is C46H54N4O11. The minimum Gasteiger partial charge on any atom is -0.508 e. The molecule has 0 bridgehead atoms. The van der Waals surface area contributed by atoms with Crippen LogP contribution < -0.4 is 4.74 Å². The summed E-state index contributed by atoms with van der Waals surface area (Å²) in [5.74, 6) is -2.22. The van der Waals surface area contributed by atoms with Crippen LogP contribution in [0.25, 0.3) is 6.08 Å². The Morgan fingerprint density at radius 1 is 0.984 bits per heavy atom. The van der Waals surface area contributed by atoms with E-state index in [9.17, 15) is 40.3 Å². The van der Waals surface area contributed by atoms with Gasteiger partial charge < -0.3 is 34.5 Å². The lowest BCUT2D eigenvalue weighted by atomic mass is 9.55. The topological polar surface area (TPSA) is 207 Å². The van der Waals surface area contributed by atoms with Crippen LogP contribution in [0.4, 0.5) is 11.4 Å². The number of aromatic hydroxyl groups is 1. The lowest BCUT2D eigenvalue weighted by Gasteiger charge is -2.60. The number of benzene rings is 3. The first-order valence-electron chi connectivity index (χ1n) is 20.9. The molecule has 1 aliphatic heterocycles. The number of oxime groups is 1. The molecule has 1 saturated carbocycles. The van der Waals surface area contributed by atoms with Crippen LogP contribution in [0.2, 0.25) is 0 Å². The number of phenols is 1. The summed E-state index contributed by atoms with van der Waals surface area (Å²) in [6.45, 7) is 6.40. The standard InChI is InChI=1S/C46H54N4O11/c1-3-23-48(43(54)22-15-31-11-16-34(17-12-31)49(55)56)42-29-40(47-60-30-32-13-18-35(19-14-32)50(57)58)38-27-33(9-5-7-24-51)37(10-6-8-25-52)44-39-28-36(53)20-21-41(39)61-46(42,45(38)44)59-26-4-2/h4,11-22,27-28,33,37,42,44-45,51-53H,2-3,5-10,23-26,29-30H2,1H3. The highest BCUT2D eigenvalue weighted by Gasteiger charge is 2.65. The maximum Gasteiger partial charge on any atom is 0.269 e. The third-order valence-corrected chi connectivity index (χ3v) is 11.9. The van der Waals surface area contributed by atoms with Crippen LogP contribution in [0.3, 0.4) is 0 Å². The number of hydrogen-bond donors (Lipinski definition) is 3. The number of amides is 1. The van der Waals surface area contributed by atoms with Crippen molar-refractivity contribution in [1.82, 2.24) is 4.90 Å². The Morgan fingerprint density at radius 2 is 1.66 bits per heavy atom. The van der Waals surface area contributed by atoms with E-state index in [1.807, 2.05) is 6.92 Å². The molecule has 2 aliphatic carbocycles. The molecule has 15 nitrogen and oxygen atoms in total. The monoisotopic (exact) mass is 838 g/mol. The molecule has 1 fully saturated rings. The number of aliphatic hydroxyl groups excluding tert-OH is 2. The van der Waals surface area contributed by atoms with E-state index < -0.39 is 27.6 Å². The number of nitro groups is 2. The first-order chi connectivity index (χ1) is 29.5. The van der Waals surface area contributed by atoms with E-state index in [4.69, 9.17) is 19.5 Å². The number of allylic oxidation sites excluding steroid dienone is 1. The van der Waals surface area contributed by atoms with Crippen LogP contribution in [0.5, 0.6) is 11.5 Å². The fourth-order valence-electron chi connectivity index (χ4n) is 9.19. The number of fused-ring (bicyclic) bond motifs is 2. The average molecular weight is 839 g/mol. The zero-order valence-electron chi connectivity index (χ0n) is 34.3. The first kappa shape index (κ1) is 44.6. The van der Waals surface area contributed by atoms with Crippen LogP contribution in [0.15, 0.2) is 102 Å². The number of nitro benzene ring substituents is 2. The van der Waals surface area contributed by atoms with Crippen molar-refractivity contribution in [3.63, 3.8) is 0 Å². The van der Waals surface area contributed by atoms with Gasteiger partial charge in [0.05, 0.1) is 28.1 Å². The number of nitrogens with zero attached hydrogens (tertiary/aromatic N) is 4. The third kappa shape index (κ3) is 10.0. The van der Waals surface area contributed by atoms with Gasteiger partial charge in [0.2, 0.25) is 11.7 Å². The highest BCUT2D eigenvalue weighted by Crippen LogP contribution is 2.62. The molecule has 1 amide bonds. The van der Waals surface area contributed by atoms with E-state index in [0.29, 0.717) is 48.4 Å². The van der Waals surface area contributed by atoms with Crippen LogP contribution in [0, 0.1) is 38.0 Å². The molecule has 0 radical (unpaired) electrons. The lowest BCUT2D eigenvalue weighted by molar-refractivity contribution is -0.385. The van der Waals surface area contributed by atoms with E-state index in [-0.39, 0.29) is 73.6 Å². The molecule has 3 aromatic carbocycles. The Hall–Kier alpha value is -5.90. The second kappa shape index (κ2) is 20.6. The normalized spacial score (nSPS) is 23.4. The number of unbranched alkanes of at least 4 members (excludes halogenated alkanes) is 2. The summed E-state index contributed by atoms with van der Waals surface area (Å²) in [5, 5.41) is 58.0. The van der Waals surface area contributed by atoms with Crippen LogP contribution >= 0.6 is 0 Å². The summed E-state index contributed by atoms with van der Waals surface area (Å²) in [6.07, 6.45) is 11.8. The average Bonchev–Trinajstić information content (AvgIpc) is 3.26. The van der Waals surface area contributed by atoms with Crippen molar-refractivity contribution in [1.29, 1.82) is 0 Å². The predicted molar refractivity (Wildman–Crippen MR) is 229 cm³/mol. The molecule has 0 saturated heterocycles. The van der Waals surface area contributed by atoms with Gasteiger partial charge in [-0.3, -0.25) is 25.0 Å². The highest BCUT2D eigenvalue weighted by molar-refractivity contribution is 6.03. The summed E-state index contributed by atoms with van der Waals surface area (Å²) in [7, 11) is 0. The van der Waals surface area contributed by atoms with Crippen molar-refractivity contribution >= 4 is 29.1 Å². The minimum absolute atomic E-state index is 0.0120. The number of non-ortho nitro benzene ring substituents is 2. The second-order valence-corrected chi connectivity index (χ2v) is 15.7. The Labute approximate surface area is 354 Å². The van der Waals surface area contributed by atoms with Crippen LogP contribution in [-0.2, 0) is 21.0 Å². The number of carbonyl (C=O) groups is 1. The molecule has 6 atom stereocenters. The summed E-state index contributed by atoms with van der Waals surface area (Å²) in [4.78, 5) is 44.0. The van der Waals surface area contributed by atoms with E-state index in [0.717, 1.165) is 36.8 Å². The van der Waals surface area contributed by atoms with Gasteiger partial charge in [-0.25, -0.2) is 0 Å². The SMILES string of the molecule is C=CCOC12Oc3ccc(O)cc3C3C(CCCCO)C(CCCCO)C=C(C(=NOCc4ccc([N+](=O)[O-])cc4)CC1N(CCC)C(=O)C=Cc1ccc([N+](=O)[O-])cc1)C32. The van der Waals surface area contributed by atoms with Crippen molar-refractivity contribution < 1.29 is 44.3 Å². The number of phenolic OH excluding ortho intramolecular Hbond substituents is 1. The zero-order valence-corrected chi connectivity index (χ0v) is 34.3. The largest absolute Gasteiger partial charge is 0.508 e. The van der Waals surface area contributed by atoms with E-state index >= 15 is 0 Å². The number of ether oxygens (including phenoxy) is 2. The fraction of sp³-hybridized carbons (Fsp3) is 0.435. The number of rotatable bonds is 21. The summed E-state index contributed by atoms with van der Waals surface area (Å²) < 4.78 is 14.1. The van der Waals surface area contributed by atoms with E-state index in [1.165, 1.54) is 30.3 Å².